The molecule has 76 valence electrons. The standard InChI is InChI=1S/C10H18O3/c1-9(7-12)3-2-4-10(8-13)5-6-11/h3,5,11-13H,2,4,6-8H2,1H3/b9-3+,10-5-. The van der Waals surface area contributed by atoms with Crippen molar-refractivity contribution in [3.05, 3.63) is 23.3 Å². The van der Waals surface area contributed by atoms with Gasteiger partial charge in [0.05, 0.1) is 19.8 Å². The van der Waals surface area contributed by atoms with Gasteiger partial charge in [0.25, 0.3) is 0 Å². The Kier molecular flexibility index (Phi) is 7.59. The van der Waals surface area contributed by atoms with Crippen LogP contribution in [0, 0.1) is 0 Å². The monoisotopic (exact) mass is 186 g/mol. The average Bonchev–Trinajstić information content (AvgIpc) is 2.16. The van der Waals surface area contributed by atoms with Crippen molar-refractivity contribution in [2.75, 3.05) is 19.8 Å². The normalized spacial score (nSPS) is 13.5. The van der Waals surface area contributed by atoms with Crippen LogP contribution in [0.3, 0.4) is 0 Å². The molecule has 3 nitrogen and oxygen atoms in total. The van der Waals surface area contributed by atoms with Crippen LogP contribution in [0.25, 0.3) is 0 Å². The van der Waals surface area contributed by atoms with E-state index in [0.717, 1.165) is 24.0 Å². The second-order valence-corrected chi connectivity index (χ2v) is 2.95. The van der Waals surface area contributed by atoms with Gasteiger partial charge in [-0.15, -0.1) is 0 Å². The fourth-order valence-electron chi connectivity index (χ4n) is 0.943. The van der Waals surface area contributed by atoms with Gasteiger partial charge in [-0.2, -0.15) is 0 Å². The van der Waals surface area contributed by atoms with E-state index in [-0.39, 0.29) is 19.8 Å². The molecular formula is C10H18O3. The highest BCUT2D eigenvalue weighted by Crippen LogP contribution is 2.06. The highest BCUT2D eigenvalue weighted by Gasteiger charge is 1.93. The maximum Gasteiger partial charge on any atom is 0.0642 e. The Morgan fingerprint density at radius 3 is 2.23 bits per heavy atom. The van der Waals surface area contributed by atoms with Gasteiger partial charge in [-0.1, -0.05) is 17.7 Å². The third kappa shape index (κ3) is 6.51. The van der Waals surface area contributed by atoms with Gasteiger partial charge in [0.15, 0.2) is 0 Å². The lowest BCUT2D eigenvalue weighted by atomic mass is 10.1. The van der Waals surface area contributed by atoms with Gasteiger partial charge in [0.1, 0.15) is 0 Å². The van der Waals surface area contributed by atoms with Gasteiger partial charge in [0.2, 0.25) is 0 Å². The van der Waals surface area contributed by atoms with Crippen LogP contribution >= 0.6 is 0 Å². The molecule has 0 rings (SSSR count). The lowest BCUT2D eigenvalue weighted by Crippen LogP contribution is -1.92. The average molecular weight is 186 g/mol. The Labute approximate surface area is 79.0 Å². The molecule has 13 heavy (non-hydrogen) atoms. The molecule has 0 atom stereocenters. The maximum atomic E-state index is 8.83. The first-order valence-electron chi connectivity index (χ1n) is 4.40. The Hall–Kier alpha value is -0.640. The zero-order valence-electron chi connectivity index (χ0n) is 8.03. The van der Waals surface area contributed by atoms with Gasteiger partial charge in [0, 0.05) is 0 Å². The van der Waals surface area contributed by atoms with Crippen LogP contribution in [-0.2, 0) is 0 Å². The summed E-state index contributed by atoms with van der Waals surface area (Å²) < 4.78 is 0. The van der Waals surface area contributed by atoms with E-state index in [1.165, 1.54) is 0 Å². The Morgan fingerprint density at radius 1 is 1.08 bits per heavy atom. The van der Waals surface area contributed by atoms with Crippen LogP contribution in [0.2, 0.25) is 0 Å². The first kappa shape index (κ1) is 12.4. The van der Waals surface area contributed by atoms with E-state index in [4.69, 9.17) is 15.3 Å². The molecule has 0 radical (unpaired) electrons. The summed E-state index contributed by atoms with van der Waals surface area (Å²) in [6, 6.07) is 0. The van der Waals surface area contributed by atoms with Crippen molar-refractivity contribution in [1.29, 1.82) is 0 Å². The lowest BCUT2D eigenvalue weighted by Gasteiger charge is -2.01. The number of hydrogen-bond donors (Lipinski definition) is 3. The second kappa shape index (κ2) is 7.98. The molecule has 0 spiro atoms. The first-order chi connectivity index (χ1) is 6.24. The minimum atomic E-state index is -0.0292. The molecule has 0 heterocycles. The minimum absolute atomic E-state index is 0.00737. The van der Waals surface area contributed by atoms with Crippen LogP contribution in [0.4, 0.5) is 0 Å². The molecule has 0 aliphatic carbocycles. The van der Waals surface area contributed by atoms with Crippen LogP contribution in [-0.4, -0.2) is 35.1 Å². The molecule has 0 aromatic heterocycles. The van der Waals surface area contributed by atoms with E-state index in [0.29, 0.717) is 0 Å². The summed E-state index contributed by atoms with van der Waals surface area (Å²) >= 11 is 0. The lowest BCUT2D eigenvalue weighted by molar-refractivity contribution is 0.315. The van der Waals surface area contributed by atoms with Gasteiger partial charge < -0.3 is 15.3 Å². The van der Waals surface area contributed by atoms with Crippen molar-refractivity contribution in [3.63, 3.8) is 0 Å². The van der Waals surface area contributed by atoms with Gasteiger partial charge in [-0.05, 0) is 25.3 Å². The summed E-state index contributed by atoms with van der Waals surface area (Å²) in [5.74, 6) is 0. The third-order valence-electron chi connectivity index (χ3n) is 1.79. The predicted octanol–water partition coefficient (Wildman–Crippen LogP) is 0.616. The Bertz CT molecular complexity index is 183. The first-order valence-corrected chi connectivity index (χ1v) is 4.40. The van der Waals surface area contributed by atoms with Gasteiger partial charge in [-0.3, -0.25) is 0 Å². The zero-order chi connectivity index (χ0) is 10.1. The van der Waals surface area contributed by atoms with E-state index in [1.807, 2.05) is 13.0 Å². The minimum Gasteiger partial charge on any atom is -0.392 e. The van der Waals surface area contributed by atoms with Gasteiger partial charge >= 0.3 is 0 Å². The summed E-state index contributed by atoms with van der Waals surface area (Å²) in [5, 5.41) is 26.1. The summed E-state index contributed by atoms with van der Waals surface area (Å²) in [5.41, 5.74) is 1.77. The topological polar surface area (TPSA) is 60.7 Å². The molecule has 0 amide bonds. The molecule has 0 unspecified atom stereocenters. The summed E-state index contributed by atoms with van der Waals surface area (Å²) in [4.78, 5) is 0. The number of rotatable bonds is 6. The van der Waals surface area contributed by atoms with Crippen molar-refractivity contribution in [1.82, 2.24) is 0 Å². The van der Waals surface area contributed by atoms with Crippen LogP contribution in [0.15, 0.2) is 23.3 Å². The molecule has 0 saturated heterocycles. The highest BCUT2D eigenvalue weighted by molar-refractivity contribution is 5.05. The zero-order valence-corrected chi connectivity index (χ0v) is 8.03. The van der Waals surface area contributed by atoms with E-state index in [2.05, 4.69) is 0 Å². The van der Waals surface area contributed by atoms with Crippen molar-refractivity contribution in [2.45, 2.75) is 19.8 Å². The maximum absolute atomic E-state index is 8.83. The molecule has 0 saturated carbocycles. The number of aliphatic hydroxyl groups excluding tert-OH is 3. The molecule has 0 aliphatic heterocycles. The molecule has 3 heteroatoms. The molecule has 3 N–H and O–H groups in total. The molecule has 0 bridgehead atoms. The summed E-state index contributed by atoms with van der Waals surface area (Å²) in [6.45, 7) is 1.90. The van der Waals surface area contributed by atoms with Crippen LogP contribution in [0.5, 0.6) is 0 Å². The number of hydrogen-bond acceptors (Lipinski definition) is 3. The molecule has 0 aliphatic rings. The SMILES string of the molecule is C/C(=C\CC/C(=C/CO)CO)CO. The molecule has 0 aromatic rings. The molecule has 0 aromatic carbocycles. The van der Waals surface area contributed by atoms with Crippen molar-refractivity contribution in [2.24, 2.45) is 0 Å². The van der Waals surface area contributed by atoms with E-state index in [1.54, 1.807) is 6.08 Å². The summed E-state index contributed by atoms with van der Waals surface area (Å²) in [7, 11) is 0. The Morgan fingerprint density at radius 2 is 1.77 bits per heavy atom. The van der Waals surface area contributed by atoms with E-state index < -0.39 is 0 Å². The van der Waals surface area contributed by atoms with Crippen LogP contribution < -0.4 is 0 Å². The number of allylic oxidation sites excluding steroid dienone is 1. The van der Waals surface area contributed by atoms with Crippen LogP contribution in [0.1, 0.15) is 19.8 Å². The number of aliphatic hydroxyl groups is 3. The Balaban J connectivity index is 3.79. The van der Waals surface area contributed by atoms with Crippen molar-refractivity contribution in [3.8, 4) is 0 Å². The smallest absolute Gasteiger partial charge is 0.0642 e. The quantitative estimate of drug-likeness (QED) is 0.533. The van der Waals surface area contributed by atoms with E-state index >= 15 is 0 Å². The predicted molar refractivity (Wildman–Crippen MR) is 52.3 cm³/mol. The van der Waals surface area contributed by atoms with E-state index in [9.17, 15) is 0 Å². The third-order valence-corrected chi connectivity index (χ3v) is 1.79. The molecular weight excluding hydrogens is 168 g/mol. The van der Waals surface area contributed by atoms with Crippen molar-refractivity contribution >= 4 is 0 Å². The fourth-order valence-corrected chi connectivity index (χ4v) is 0.943. The summed E-state index contributed by atoms with van der Waals surface area (Å²) in [6.07, 6.45) is 5.07. The second-order valence-electron chi connectivity index (χ2n) is 2.95. The highest BCUT2D eigenvalue weighted by atomic mass is 16.3. The van der Waals surface area contributed by atoms with Gasteiger partial charge in [-0.25, -0.2) is 0 Å². The molecule has 0 fully saturated rings. The largest absolute Gasteiger partial charge is 0.392 e. The van der Waals surface area contributed by atoms with Crippen molar-refractivity contribution < 1.29 is 15.3 Å². The fraction of sp³-hybridized carbons (Fsp3) is 0.600.